The van der Waals surface area contributed by atoms with E-state index in [9.17, 15) is 22.4 Å². The number of carbonyl (C=O) groups is 2. The second-order valence-electron chi connectivity index (χ2n) is 6.34. The Kier molecular flexibility index (Phi) is 6.93. The van der Waals surface area contributed by atoms with E-state index in [4.69, 9.17) is 4.74 Å². The van der Waals surface area contributed by atoms with Gasteiger partial charge in [-0.2, -0.15) is 4.31 Å². The van der Waals surface area contributed by atoms with Crippen LogP contribution in [0.15, 0.2) is 59.5 Å². The van der Waals surface area contributed by atoms with Crippen molar-refractivity contribution in [3.8, 4) is 0 Å². The average molecular weight is 433 g/mol. The Morgan fingerprint density at radius 1 is 1.00 bits per heavy atom. The lowest BCUT2D eigenvalue weighted by molar-refractivity contribution is -0.117. The molecule has 1 aliphatic rings. The second-order valence-corrected chi connectivity index (χ2v) is 8.28. The standard InChI is InChI=1S/C20H20FN3O5S/c21-18-4-2-1-3-17(18)20(26)23-22-19(25)10-7-15-5-8-16(9-6-15)30(27,28)24-11-13-29-14-12-24/h1-10H,11-14H2,(H,22,25)(H,23,26)/b10-7+. The van der Waals surface area contributed by atoms with E-state index in [0.29, 0.717) is 31.9 Å². The molecule has 0 aromatic heterocycles. The Labute approximate surface area is 173 Å². The molecule has 10 heteroatoms. The number of benzene rings is 2. The summed E-state index contributed by atoms with van der Waals surface area (Å²) in [6.07, 6.45) is 2.61. The molecule has 0 bridgehead atoms. The van der Waals surface area contributed by atoms with Gasteiger partial charge in [-0.25, -0.2) is 12.8 Å². The van der Waals surface area contributed by atoms with Gasteiger partial charge in [0, 0.05) is 19.2 Å². The monoisotopic (exact) mass is 433 g/mol. The molecule has 0 atom stereocenters. The zero-order chi connectivity index (χ0) is 21.6. The van der Waals surface area contributed by atoms with Crippen molar-refractivity contribution in [2.45, 2.75) is 4.90 Å². The lowest BCUT2D eigenvalue weighted by atomic mass is 10.2. The van der Waals surface area contributed by atoms with E-state index in [0.717, 1.165) is 12.1 Å². The first-order valence-corrected chi connectivity index (χ1v) is 10.5. The number of amides is 2. The highest BCUT2D eigenvalue weighted by molar-refractivity contribution is 7.89. The number of rotatable bonds is 5. The van der Waals surface area contributed by atoms with Crippen LogP contribution in [-0.4, -0.2) is 50.8 Å². The fourth-order valence-electron chi connectivity index (χ4n) is 2.73. The molecule has 1 aliphatic heterocycles. The van der Waals surface area contributed by atoms with Gasteiger partial charge in [0.05, 0.1) is 23.7 Å². The zero-order valence-electron chi connectivity index (χ0n) is 15.9. The number of nitrogens with one attached hydrogen (secondary N) is 2. The van der Waals surface area contributed by atoms with Gasteiger partial charge in [-0.05, 0) is 35.9 Å². The quantitative estimate of drug-likeness (QED) is 0.547. The summed E-state index contributed by atoms with van der Waals surface area (Å²) in [5.41, 5.74) is 4.66. The van der Waals surface area contributed by atoms with Crippen LogP contribution in [0, 0.1) is 5.82 Å². The Morgan fingerprint density at radius 3 is 2.33 bits per heavy atom. The Bertz CT molecular complexity index is 1050. The van der Waals surface area contributed by atoms with Crippen molar-refractivity contribution in [2.75, 3.05) is 26.3 Å². The van der Waals surface area contributed by atoms with Crippen molar-refractivity contribution in [1.29, 1.82) is 0 Å². The third kappa shape index (κ3) is 5.29. The van der Waals surface area contributed by atoms with E-state index >= 15 is 0 Å². The molecule has 2 N–H and O–H groups in total. The molecule has 0 radical (unpaired) electrons. The molecule has 158 valence electrons. The van der Waals surface area contributed by atoms with Crippen LogP contribution in [0.3, 0.4) is 0 Å². The molecule has 1 heterocycles. The molecule has 1 fully saturated rings. The van der Waals surface area contributed by atoms with Crippen LogP contribution in [0.1, 0.15) is 15.9 Å². The highest BCUT2D eigenvalue weighted by atomic mass is 32.2. The first kappa shape index (κ1) is 21.6. The van der Waals surface area contributed by atoms with Gasteiger partial charge >= 0.3 is 0 Å². The summed E-state index contributed by atoms with van der Waals surface area (Å²) in [6, 6.07) is 11.4. The summed E-state index contributed by atoms with van der Waals surface area (Å²) >= 11 is 0. The molecule has 3 rings (SSSR count). The number of ether oxygens (including phenoxy) is 1. The predicted molar refractivity (Wildman–Crippen MR) is 107 cm³/mol. The van der Waals surface area contributed by atoms with Crippen molar-refractivity contribution in [2.24, 2.45) is 0 Å². The van der Waals surface area contributed by atoms with E-state index in [-0.39, 0.29) is 10.5 Å². The molecule has 8 nitrogen and oxygen atoms in total. The maximum absolute atomic E-state index is 13.5. The van der Waals surface area contributed by atoms with Crippen molar-refractivity contribution >= 4 is 27.9 Å². The highest BCUT2D eigenvalue weighted by Crippen LogP contribution is 2.18. The minimum absolute atomic E-state index is 0.156. The van der Waals surface area contributed by atoms with Crippen LogP contribution in [0.25, 0.3) is 6.08 Å². The van der Waals surface area contributed by atoms with Gasteiger partial charge in [-0.1, -0.05) is 24.3 Å². The molecule has 2 amide bonds. The topological polar surface area (TPSA) is 105 Å². The maximum Gasteiger partial charge on any atom is 0.272 e. The first-order chi connectivity index (χ1) is 14.4. The van der Waals surface area contributed by atoms with E-state index < -0.39 is 27.7 Å². The molecule has 2 aromatic rings. The Balaban J connectivity index is 1.56. The van der Waals surface area contributed by atoms with Crippen LogP contribution in [-0.2, 0) is 19.6 Å². The number of nitrogens with zero attached hydrogens (tertiary/aromatic N) is 1. The lowest BCUT2D eigenvalue weighted by Crippen LogP contribution is -2.41. The summed E-state index contributed by atoms with van der Waals surface area (Å²) in [5.74, 6) is -2.12. The van der Waals surface area contributed by atoms with Gasteiger partial charge in [-0.3, -0.25) is 20.4 Å². The fraction of sp³-hybridized carbons (Fsp3) is 0.200. The van der Waals surface area contributed by atoms with Gasteiger partial charge in [0.15, 0.2) is 0 Å². The van der Waals surface area contributed by atoms with E-state index in [1.807, 2.05) is 0 Å². The largest absolute Gasteiger partial charge is 0.379 e. The summed E-state index contributed by atoms with van der Waals surface area (Å²) in [7, 11) is -3.59. The van der Waals surface area contributed by atoms with Gasteiger partial charge in [0.1, 0.15) is 5.82 Å². The number of hydrazine groups is 1. The fourth-order valence-corrected chi connectivity index (χ4v) is 4.14. The second kappa shape index (κ2) is 9.61. The van der Waals surface area contributed by atoms with E-state index in [1.54, 1.807) is 12.1 Å². The number of halogens is 1. The number of morpholine rings is 1. The molecule has 0 saturated carbocycles. The Morgan fingerprint density at radius 2 is 1.67 bits per heavy atom. The van der Waals surface area contributed by atoms with Gasteiger partial charge in [0.2, 0.25) is 10.0 Å². The smallest absolute Gasteiger partial charge is 0.272 e. The molecular formula is C20H20FN3O5S. The van der Waals surface area contributed by atoms with E-state index in [2.05, 4.69) is 10.9 Å². The summed E-state index contributed by atoms with van der Waals surface area (Å²) in [4.78, 5) is 23.9. The highest BCUT2D eigenvalue weighted by Gasteiger charge is 2.25. The van der Waals surface area contributed by atoms with Crippen molar-refractivity contribution in [1.82, 2.24) is 15.2 Å². The lowest BCUT2D eigenvalue weighted by Gasteiger charge is -2.26. The van der Waals surface area contributed by atoms with Crippen LogP contribution >= 0.6 is 0 Å². The predicted octanol–water partition coefficient (Wildman–Crippen LogP) is 1.32. The normalized spacial score (nSPS) is 15.1. The number of hydrogen-bond acceptors (Lipinski definition) is 5. The van der Waals surface area contributed by atoms with E-state index in [1.165, 1.54) is 40.7 Å². The van der Waals surface area contributed by atoms with Gasteiger partial charge in [-0.15, -0.1) is 0 Å². The maximum atomic E-state index is 13.5. The van der Waals surface area contributed by atoms with Crippen molar-refractivity contribution in [3.05, 3.63) is 71.6 Å². The summed E-state index contributed by atoms with van der Waals surface area (Å²) < 4.78 is 45.2. The Hall–Kier alpha value is -3.08. The van der Waals surface area contributed by atoms with Crippen LogP contribution in [0.2, 0.25) is 0 Å². The molecule has 1 saturated heterocycles. The molecule has 0 spiro atoms. The molecule has 30 heavy (non-hydrogen) atoms. The minimum Gasteiger partial charge on any atom is -0.379 e. The van der Waals surface area contributed by atoms with Crippen molar-refractivity contribution in [3.63, 3.8) is 0 Å². The number of sulfonamides is 1. The minimum atomic E-state index is -3.59. The van der Waals surface area contributed by atoms with Gasteiger partial charge < -0.3 is 4.74 Å². The van der Waals surface area contributed by atoms with Crippen LogP contribution < -0.4 is 10.9 Å². The third-order valence-corrected chi connectivity index (χ3v) is 6.25. The number of carbonyl (C=O) groups excluding carboxylic acids is 2. The molecule has 2 aromatic carbocycles. The number of hydrogen-bond donors (Lipinski definition) is 2. The third-order valence-electron chi connectivity index (χ3n) is 4.33. The first-order valence-electron chi connectivity index (χ1n) is 9.09. The zero-order valence-corrected chi connectivity index (χ0v) is 16.7. The summed E-state index contributed by atoms with van der Waals surface area (Å²) in [5, 5.41) is 0. The van der Waals surface area contributed by atoms with Crippen LogP contribution in [0.5, 0.6) is 0 Å². The molecule has 0 unspecified atom stereocenters. The van der Waals surface area contributed by atoms with Crippen molar-refractivity contribution < 1.29 is 27.1 Å². The molecule has 0 aliphatic carbocycles. The summed E-state index contributed by atoms with van der Waals surface area (Å²) in [6.45, 7) is 1.34. The van der Waals surface area contributed by atoms with Gasteiger partial charge in [0.25, 0.3) is 11.8 Å². The molecular weight excluding hydrogens is 413 g/mol. The average Bonchev–Trinajstić information content (AvgIpc) is 2.77. The SMILES string of the molecule is O=C(/C=C/c1ccc(S(=O)(=O)N2CCOCC2)cc1)NNC(=O)c1ccccc1F. The van der Waals surface area contributed by atoms with Crippen LogP contribution in [0.4, 0.5) is 4.39 Å².